The summed E-state index contributed by atoms with van der Waals surface area (Å²) in [4.78, 5) is 35.3. The third-order valence-corrected chi connectivity index (χ3v) is 3.26. The minimum atomic E-state index is -1.15. The van der Waals surface area contributed by atoms with Crippen LogP contribution in [0.2, 0.25) is 0 Å². The molecule has 3 N–H and O–H groups in total. The molecular formula is C17H23N2O5. The molecule has 0 saturated heterocycles. The molecule has 0 fully saturated rings. The standard InChI is InChI=1S/C17H23N2O5/c1-17(2,3)9-12(16(23)24)18-15(22)14(19-13(21)10-20)11-7-5-4-6-8-11/h4-8,12,14H,9-10H2,1-3H3,(H,18,22)(H,19,21)(H,23,24)/t12-,14-/m1/s1. The second-order valence-electron chi connectivity index (χ2n) is 6.72. The first-order chi connectivity index (χ1) is 11.1. The Kier molecular flexibility index (Phi) is 6.91. The molecule has 1 aromatic rings. The Labute approximate surface area is 141 Å². The van der Waals surface area contributed by atoms with Crippen LogP contribution in [0.25, 0.3) is 0 Å². The van der Waals surface area contributed by atoms with Crippen molar-refractivity contribution in [1.29, 1.82) is 0 Å². The third kappa shape index (κ3) is 6.37. The summed E-state index contributed by atoms with van der Waals surface area (Å²) in [7, 11) is 0. The number of hydrogen-bond donors (Lipinski definition) is 3. The molecule has 24 heavy (non-hydrogen) atoms. The Balaban J connectivity index is 2.98. The van der Waals surface area contributed by atoms with E-state index in [9.17, 15) is 24.6 Å². The molecule has 0 saturated carbocycles. The fourth-order valence-corrected chi connectivity index (χ4v) is 2.22. The Morgan fingerprint density at radius 2 is 1.67 bits per heavy atom. The van der Waals surface area contributed by atoms with Gasteiger partial charge in [0.2, 0.25) is 11.8 Å². The normalized spacial score (nSPS) is 13.7. The van der Waals surface area contributed by atoms with Crippen molar-refractivity contribution in [3.63, 3.8) is 0 Å². The van der Waals surface area contributed by atoms with Crippen molar-refractivity contribution in [3.8, 4) is 0 Å². The number of nitrogens with one attached hydrogen (secondary N) is 2. The highest BCUT2D eigenvalue weighted by atomic mass is 16.4. The van der Waals surface area contributed by atoms with Crippen LogP contribution >= 0.6 is 0 Å². The number of carbonyl (C=O) groups excluding carboxylic acids is 2. The number of carbonyl (C=O) groups is 3. The van der Waals surface area contributed by atoms with Gasteiger partial charge in [0.25, 0.3) is 0 Å². The maximum absolute atomic E-state index is 12.5. The van der Waals surface area contributed by atoms with Gasteiger partial charge in [-0.3, -0.25) is 9.59 Å². The number of amides is 2. The van der Waals surface area contributed by atoms with E-state index in [0.717, 1.165) is 0 Å². The van der Waals surface area contributed by atoms with Crippen LogP contribution in [0, 0.1) is 5.41 Å². The molecule has 7 heteroatoms. The molecule has 0 spiro atoms. The molecule has 2 amide bonds. The lowest BCUT2D eigenvalue weighted by molar-refractivity contribution is -0.143. The van der Waals surface area contributed by atoms with Crippen molar-refractivity contribution in [2.45, 2.75) is 39.3 Å². The van der Waals surface area contributed by atoms with Gasteiger partial charge in [0.15, 0.2) is 6.61 Å². The van der Waals surface area contributed by atoms with Gasteiger partial charge in [0.1, 0.15) is 12.1 Å². The maximum atomic E-state index is 12.5. The second-order valence-corrected chi connectivity index (χ2v) is 6.72. The van der Waals surface area contributed by atoms with Gasteiger partial charge < -0.3 is 15.7 Å². The van der Waals surface area contributed by atoms with Gasteiger partial charge in [-0.1, -0.05) is 51.1 Å². The predicted octanol–water partition coefficient (Wildman–Crippen LogP) is 1.28. The quantitative estimate of drug-likeness (QED) is 0.696. The van der Waals surface area contributed by atoms with Crippen LogP contribution < -0.4 is 10.6 Å². The molecule has 0 bridgehead atoms. The maximum Gasteiger partial charge on any atom is 0.326 e. The number of aliphatic carboxylic acids is 1. The molecule has 7 nitrogen and oxygen atoms in total. The van der Waals surface area contributed by atoms with Gasteiger partial charge in [0, 0.05) is 0 Å². The summed E-state index contributed by atoms with van der Waals surface area (Å²) in [6.45, 7) is 4.58. The number of carboxylic acids is 1. The molecule has 1 rings (SSSR count). The van der Waals surface area contributed by atoms with Gasteiger partial charge in [-0.05, 0) is 17.4 Å². The topological polar surface area (TPSA) is 115 Å². The smallest absolute Gasteiger partial charge is 0.326 e. The van der Waals surface area contributed by atoms with Crippen molar-refractivity contribution in [2.75, 3.05) is 6.61 Å². The molecule has 0 unspecified atom stereocenters. The molecule has 1 radical (unpaired) electrons. The summed E-state index contributed by atoms with van der Waals surface area (Å²) in [6.07, 6.45) is 0.227. The van der Waals surface area contributed by atoms with E-state index in [1.165, 1.54) is 0 Å². The fourth-order valence-electron chi connectivity index (χ4n) is 2.22. The van der Waals surface area contributed by atoms with E-state index in [1.54, 1.807) is 30.3 Å². The highest BCUT2D eigenvalue weighted by Crippen LogP contribution is 2.22. The molecule has 0 aliphatic heterocycles. The first-order valence-corrected chi connectivity index (χ1v) is 7.59. The average Bonchev–Trinajstić information content (AvgIpc) is 2.51. The number of benzene rings is 1. The van der Waals surface area contributed by atoms with Crippen LogP contribution in [0.1, 0.15) is 38.8 Å². The van der Waals surface area contributed by atoms with Crippen molar-refractivity contribution in [2.24, 2.45) is 5.41 Å². The summed E-state index contributed by atoms with van der Waals surface area (Å²) >= 11 is 0. The summed E-state index contributed by atoms with van der Waals surface area (Å²) in [5, 5.41) is 24.8. The Morgan fingerprint density at radius 1 is 1.08 bits per heavy atom. The van der Waals surface area contributed by atoms with Crippen molar-refractivity contribution < 1.29 is 24.6 Å². The minimum absolute atomic E-state index is 0.227. The Hall–Kier alpha value is -2.41. The average molecular weight is 335 g/mol. The molecule has 0 aliphatic rings. The second kappa shape index (κ2) is 8.44. The van der Waals surface area contributed by atoms with E-state index in [4.69, 9.17) is 0 Å². The molecule has 0 aromatic heterocycles. The van der Waals surface area contributed by atoms with Gasteiger partial charge in [-0.2, -0.15) is 0 Å². The lowest BCUT2D eigenvalue weighted by atomic mass is 9.88. The van der Waals surface area contributed by atoms with Crippen molar-refractivity contribution in [1.82, 2.24) is 10.6 Å². The molecule has 131 valence electrons. The zero-order chi connectivity index (χ0) is 18.3. The van der Waals surface area contributed by atoms with Gasteiger partial charge in [-0.15, -0.1) is 0 Å². The largest absolute Gasteiger partial charge is 0.480 e. The van der Waals surface area contributed by atoms with E-state index in [-0.39, 0.29) is 11.8 Å². The van der Waals surface area contributed by atoms with E-state index < -0.39 is 36.5 Å². The van der Waals surface area contributed by atoms with Crippen molar-refractivity contribution in [3.05, 3.63) is 35.9 Å². The molecule has 1 aromatic carbocycles. The molecule has 2 atom stereocenters. The monoisotopic (exact) mass is 335 g/mol. The Bertz CT molecular complexity index is 580. The van der Waals surface area contributed by atoms with Crippen LogP contribution in [0.15, 0.2) is 30.3 Å². The van der Waals surface area contributed by atoms with Gasteiger partial charge in [0.05, 0.1) is 0 Å². The highest BCUT2D eigenvalue weighted by molar-refractivity contribution is 5.91. The minimum Gasteiger partial charge on any atom is -0.480 e. The molecular weight excluding hydrogens is 312 g/mol. The van der Waals surface area contributed by atoms with E-state index in [1.807, 2.05) is 20.8 Å². The number of rotatable bonds is 7. The van der Waals surface area contributed by atoms with Gasteiger partial charge >= 0.3 is 5.97 Å². The highest BCUT2D eigenvalue weighted by Gasteiger charge is 2.30. The zero-order valence-electron chi connectivity index (χ0n) is 14.0. The fraction of sp³-hybridized carbons (Fsp3) is 0.471. The summed E-state index contributed by atoms with van der Waals surface area (Å²) in [6, 6.07) is 6.14. The van der Waals surface area contributed by atoms with Crippen LogP contribution in [0.3, 0.4) is 0 Å². The van der Waals surface area contributed by atoms with Crippen LogP contribution in [0.4, 0.5) is 0 Å². The summed E-state index contributed by atoms with van der Waals surface area (Å²) < 4.78 is 0. The lowest BCUT2D eigenvalue weighted by Gasteiger charge is -2.26. The van der Waals surface area contributed by atoms with Crippen LogP contribution in [-0.2, 0) is 19.5 Å². The van der Waals surface area contributed by atoms with E-state index in [2.05, 4.69) is 10.6 Å². The van der Waals surface area contributed by atoms with Crippen molar-refractivity contribution >= 4 is 17.8 Å². The molecule has 0 heterocycles. The lowest BCUT2D eigenvalue weighted by Crippen LogP contribution is -2.48. The van der Waals surface area contributed by atoms with Crippen LogP contribution in [-0.4, -0.2) is 35.5 Å². The third-order valence-electron chi connectivity index (χ3n) is 3.26. The van der Waals surface area contributed by atoms with Crippen LogP contribution in [0.5, 0.6) is 0 Å². The van der Waals surface area contributed by atoms with E-state index >= 15 is 0 Å². The van der Waals surface area contributed by atoms with Gasteiger partial charge in [-0.25, -0.2) is 9.90 Å². The number of carboxylic acid groups (broad SMARTS) is 1. The molecule has 0 aliphatic carbocycles. The zero-order valence-corrected chi connectivity index (χ0v) is 14.0. The first kappa shape index (κ1) is 19.6. The first-order valence-electron chi connectivity index (χ1n) is 7.59. The van der Waals surface area contributed by atoms with E-state index in [0.29, 0.717) is 5.56 Å². The predicted molar refractivity (Wildman–Crippen MR) is 86.5 cm³/mol. The number of hydrogen-bond acceptors (Lipinski definition) is 3. The summed E-state index contributed by atoms with van der Waals surface area (Å²) in [5.74, 6) is -2.65. The Morgan fingerprint density at radius 3 is 2.12 bits per heavy atom. The summed E-state index contributed by atoms with van der Waals surface area (Å²) in [5.41, 5.74) is 0.160. The SMILES string of the molecule is CC(C)(C)C[C@@H](NC(=O)[C@H](NC(=O)C[O])c1ccccc1)C(=O)O.